The van der Waals surface area contributed by atoms with Gasteiger partial charge >= 0.3 is 0 Å². The van der Waals surface area contributed by atoms with E-state index in [0.717, 1.165) is 19.1 Å². The average molecular weight is 340 g/mol. The highest BCUT2D eigenvalue weighted by molar-refractivity contribution is 7.90. The van der Waals surface area contributed by atoms with Crippen LogP contribution in [0.15, 0.2) is 29.2 Å². The first-order valence-electron chi connectivity index (χ1n) is 8.02. The van der Waals surface area contributed by atoms with Gasteiger partial charge in [-0.05, 0) is 42.4 Å². The Morgan fingerprint density at radius 3 is 2.26 bits per heavy atom. The second-order valence-electron chi connectivity index (χ2n) is 7.66. The molecule has 5 heteroatoms. The van der Waals surface area contributed by atoms with Gasteiger partial charge in [0, 0.05) is 17.9 Å². The van der Waals surface area contributed by atoms with E-state index < -0.39 is 9.84 Å². The van der Waals surface area contributed by atoms with E-state index in [2.05, 4.69) is 39.9 Å². The van der Waals surface area contributed by atoms with Crippen LogP contribution >= 0.6 is 0 Å². The summed E-state index contributed by atoms with van der Waals surface area (Å²) < 4.78 is 23.3. The Kier molecular flexibility index (Phi) is 6.40. The average Bonchev–Trinajstić information content (AvgIpc) is 2.40. The van der Waals surface area contributed by atoms with Crippen molar-refractivity contribution >= 4 is 15.7 Å². The lowest BCUT2D eigenvalue weighted by molar-refractivity contribution is 0.0894. The molecule has 0 radical (unpaired) electrons. The number of rotatable bonds is 6. The van der Waals surface area contributed by atoms with E-state index in [4.69, 9.17) is 0 Å². The Morgan fingerprint density at radius 1 is 1.17 bits per heavy atom. The standard InChI is InChI=1S/C18H29NO3S/c1-13(2)10-11-16(18(3,4)5)19-17(20)14-8-7-9-15(12-14)23(6,21)22/h7-9,12-13,16H,10-11H2,1-6H3,(H,19,20). The van der Waals surface area contributed by atoms with Crippen molar-refractivity contribution in [3.8, 4) is 0 Å². The molecule has 23 heavy (non-hydrogen) atoms. The largest absolute Gasteiger partial charge is 0.349 e. The molecule has 0 aliphatic rings. The van der Waals surface area contributed by atoms with E-state index in [9.17, 15) is 13.2 Å². The third kappa shape index (κ3) is 6.34. The predicted molar refractivity (Wildman–Crippen MR) is 94.3 cm³/mol. The van der Waals surface area contributed by atoms with Crippen LogP contribution in [0.4, 0.5) is 0 Å². The molecule has 0 fully saturated rings. The molecular weight excluding hydrogens is 310 g/mol. The fourth-order valence-corrected chi connectivity index (χ4v) is 3.00. The number of nitrogens with one attached hydrogen (secondary N) is 1. The normalized spacial score (nSPS) is 13.9. The summed E-state index contributed by atoms with van der Waals surface area (Å²) in [6.07, 6.45) is 3.08. The van der Waals surface area contributed by atoms with Crippen LogP contribution in [-0.2, 0) is 9.84 Å². The first kappa shape index (κ1) is 19.7. The Hall–Kier alpha value is -1.36. The van der Waals surface area contributed by atoms with Crippen LogP contribution in [0.1, 0.15) is 57.8 Å². The van der Waals surface area contributed by atoms with Crippen LogP contribution in [0.25, 0.3) is 0 Å². The van der Waals surface area contributed by atoms with Gasteiger partial charge in [-0.15, -0.1) is 0 Å². The number of carbonyl (C=O) groups is 1. The summed E-state index contributed by atoms with van der Waals surface area (Å²) in [5, 5.41) is 3.07. The SMILES string of the molecule is CC(C)CCC(NC(=O)c1cccc(S(C)(=O)=O)c1)C(C)(C)C. The van der Waals surface area contributed by atoms with Crippen LogP contribution in [-0.4, -0.2) is 26.6 Å². The maximum atomic E-state index is 12.5. The van der Waals surface area contributed by atoms with Gasteiger partial charge < -0.3 is 5.32 Å². The molecule has 0 aromatic heterocycles. The van der Waals surface area contributed by atoms with Crippen molar-refractivity contribution in [1.29, 1.82) is 0 Å². The molecule has 4 nitrogen and oxygen atoms in total. The Morgan fingerprint density at radius 2 is 1.78 bits per heavy atom. The quantitative estimate of drug-likeness (QED) is 0.860. The second-order valence-corrected chi connectivity index (χ2v) is 9.68. The van der Waals surface area contributed by atoms with Crippen molar-refractivity contribution < 1.29 is 13.2 Å². The van der Waals surface area contributed by atoms with Crippen LogP contribution in [0.3, 0.4) is 0 Å². The number of benzene rings is 1. The Bertz CT molecular complexity index is 642. The van der Waals surface area contributed by atoms with Gasteiger partial charge in [0.2, 0.25) is 0 Å². The van der Waals surface area contributed by atoms with Gasteiger partial charge in [0.15, 0.2) is 9.84 Å². The summed E-state index contributed by atoms with van der Waals surface area (Å²) in [6.45, 7) is 10.6. The molecule has 1 aromatic rings. The topological polar surface area (TPSA) is 63.2 Å². The smallest absolute Gasteiger partial charge is 0.251 e. The lowest BCUT2D eigenvalue weighted by Gasteiger charge is -2.32. The summed E-state index contributed by atoms with van der Waals surface area (Å²) in [5.74, 6) is 0.351. The molecule has 0 spiro atoms. The first-order valence-corrected chi connectivity index (χ1v) is 9.91. The fraction of sp³-hybridized carbons (Fsp3) is 0.611. The minimum absolute atomic E-state index is 0.0410. The molecule has 0 heterocycles. The van der Waals surface area contributed by atoms with Gasteiger partial charge in [0.1, 0.15) is 0 Å². The summed E-state index contributed by atoms with van der Waals surface area (Å²) in [6, 6.07) is 6.23. The maximum Gasteiger partial charge on any atom is 0.251 e. The van der Waals surface area contributed by atoms with Crippen molar-refractivity contribution in [2.24, 2.45) is 11.3 Å². The van der Waals surface area contributed by atoms with Crippen molar-refractivity contribution in [2.45, 2.75) is 58.4 Å². The van der Waals surface area contributed by atoms with E-state index in [1.165, 1.54) is 12.1 Å². The van der Waals surface area contributed by atoms with Crippen LogP contribution < -0.4 is 5.32 Å². The van der Waals surface area contributed by atoms with Gasteiger partial charge in [-0.1, -0.05) is 40.7 Å². The second kappa shape index (κ2) is 7.47. The van der Waals surface area contributed by atoms with Crippen LogP contribution in [0.2, 0.25) is 0 Å². The van der Waals surface area contributed by atoms with E-state index in [0.29, 0.717) is 11.5 Å². The molecule has 1 N–H and O–H groups in total. The van der Waals surface area contributed by atoms with Crippen molar-refractivity contribution in [2.75, 3.05) is 6.26 Å². The van der Waals surface area contributed by atoms with Gasteiger partial charge in [-0.3, -0.25) is 4.79 Å². The molecule has 130 valence electrons. The molecule has 1 amide bonds. The third-order valence-electron chi connectivity index (χ3n) is 3.91. The summed E-state index contributed by atoms with van der Waals surface area (Å²) >= 11 is 0. The molecule has 0 saturated carbocycles. The van der Waals surface area contributed by atoms with E-state index in [-0.39, 0.29) is 22.3 Å². The molecule has 1 atom stereocenters. The molecule has 0 aliphatic heterocycles. The Labute approximate surface area is 140 Å². The summed E-state index contributed by atoms with van der Waals surface area (Å²) in [5.41, 5.74) is 0.325. The molecule has 1 unspecified atom stereocenters. The van der Waals surface area contributed by atoms with Gasteiger partial charge in [0.05, 0.1) is 4.90 Å². The first-order chi connectivity index (χ1) is 10.4. The molecule has 1 rings (SSSR count). The van der Waals surface area contributed by atoms with E-state index in [1.807, 2.05) is 0 Å². The van der Waals surface area contributed by atoms with Gasteiger partial charge in [0.25, 0.3) is 5.91 Å². The number of hydrogen-bond donors (Lipinski definition) is 1. The van der Waals surface area contributed by atoms with Crippen molar-refractivity contribution in [3.05, 3.63) is 29.8 Å². The molecule has 0 bridgehead atoms. The zero-order chi connectivity index (χ0) is 17.8. The Balaban J connectivity index is 2.95. The maximum absolute atomic E-state index is 12.5. The minimum atomic E-state index is -3.32. The van der Waals surface area contributed by atoms with E-state index >= 15 is 0 Å². The molecule has 0 saturated heterocycles. The van der Waals surface area contributed by atoms with Gasteiger partial charge in [-0.25, -0.2) is 8.42 Å². The number of amides is 1. The summed E-state index contributed by atoms with van der Waals surface area (Å²) in [7, 11) is -3.32. The molecule has 0 aliphatic carbocycles. The summed E-state index contributed by atoms with van der Waals surface area (Å²) in [4.78, 5) is 12.7. The van der Waals surface area contributed by atoms with E-state index in [1.54, 1.807) is 12.1 Å². The lowest BCUT2D eigenvalue weighted by Crippen LogP contribution is -2.43. The highest BCUT2D eigenvalue weighted by Crippen LogP contribution is 2.25. The van der Waals surface area contributed by atoms with Gasteiger partial charge in [-0.2, -0.15) is 0 Å². The minimum Gasteiger partial charge on any atom is -0.349 e. The third-order valence-corrected chi connectivity index (χ3v) is 5.02. The number of carbonyl (C=O) groups excluding carboxylic acids is 1. The highest BCUT2D eigenvalue weighted by Gasteiger charge is 2.26. The monoisotopic (exact) mass is 339 g/mol. The molecule has 1 aromatic carbocycles. The molecular formula is C18H29NO3S. The highest BCUT2D eigenvalue weighted by atomic mass is 32.2. The fourth-order valence-electron chi connectivity index (χ4n) is 2.33. The lowest BCUT2D eigenvalue weighted by atomic mass is 9.82. The number of sulfone groups is 1. The zero-order valence-corrected chi connectivity index (χ0v) is 15.8. The number of hydrogen-bond acceptors (Lipinski definition) is 3. The van der Waals surface area contributed by atoms with Crippen molar-refractivity contribution in [3.63, 3.8) is 0 Å². The zero-order valence-electron chi connectivity index (χ0n) is 15.0. The van der Waals surface area contributed by atoms with Crippen LogP contribution in [0, 0.1) is 11.3 Å². The predicted octanol–water partition coefficient (Wildman–Crippen LogP) is 3.67. The van der Waals surface area contributed by atoms with Crippen molar-refractivity contribution in [1.82, 2.24) is 5.32 Å². The van der Waals surface area contributed by atoms with Crippen LogP contribution in [0.5, 0.6) is 0 Å².